The van der Waals surface area contributed by atoms with Gasteiger partial charge in [0.25, 0.3) is 0 Å². The van der Waals surface area contributed by atoms with Gasteiger partial charge in [0, 0.05) is 12.1 Å². The van der Waals surface area contributed by atoms with Gasteiger partial charge in [0.05, 0.1) is 12.3 Å². The molecule has 2 rings (SSSR count). The number of rotatable bonds is 5. The van der Waals surface area contributed by atoms with Crippen molar-refractivity contribution in [1.29, 1.82) is 0 Å². The summed E-state index contributed by atoms with van der Waals surface area (Å²) in [6.45, 7) is 4.46. The Kier molecular flexibility index (Phi) is 4.56. The number of hydrogen-bond acceptors (Lipinski definition) is 2. The normalized spacial score (nSPS) is 12.0. The first-order valence-electron chi connectivity index (χ1n) is 6.54. The van der Waals surface area contributed by atoms with Gasteiger partial charge in [0.2, 0.25) is 0 Å². The van der Waals surface area contributed by atoms with Gasteiger partial charge in [-0.25, -0.2) is 8.78 Å². The van der Waals surface area contributed by atoms with Crippen molar-refractivity contribution in [1.82, 2.24) is 0 Å². The maximum Gasteiger partial charge on any atom is 0.149 e. The van der Waals surface area contributed by atoms with Gasteiger partial charge < -0.3 is 10.1 Å². The quantitative estimate of drug-likeness (QED) is 0.866. The summed E-state index contributed by atoms with van der Waals surface area (Å²) in [5.41, 5.74) is 1.28. The Morgan fingerprint density at radius 2 is 1.80 bits per heavy atom. The molecule has 0 spiro atoms. The predicted molar refractivity (Wildman–Crippen MR) is 76.0 cm³/mol. The fourth-order valence-corrected chi connectivity index (χ4v) is 1.94. The van der Waals surface area contributed by atoms with Crippen LogP contribution in [0.15, 0.2) is 42.5 Å². The molecule has 0 bridgehead atoms. The van der Waals surface area contributed by atoms with E-state index < -0.39 is 11.6 Å². The largest absolute Gasteiger partial charge is 0.494 e. The van der Waals surface area contributed by atoms with Gasteiger partial charge >= 0.3 is 0 Å². The molecule has 2 aromatic rings. The minimum Gasteiger partial charge on any atom is -0.494 e. The number of ether oxygens (including phenoxy) is 1. The summed E-state index contributed by atoms with van der Waals surface area (Å²) >= 11 is 0. The number of anilines is 1. The number of halogens is 2. The highest BCUT2D eigenvalue weighted by Gasteiger charge is 2.09. The summed E-state index contributed by atoms with van der Waals surface area (Å²) in [5.74, 6) is -0.374. The van der Waals surface area contributed by atoms with Crippen LogP contribution in [0.2, 0.25) is 0 Å². The van der Waals surface area contributed by atoms with Gasteiger partial charge in [0.1, 0.15) is 17.4 Å². The van der Waals surface area contributed by atoms with E-state index in [1.807, 2.05) is 38.1 Å². The zero-order valence-electron chi connectivity index (χ0n) is 11.5. The standard InChI is InChI=1S/C16H17F2NO/c1-3-20-14-7-4-12(5-8-14)11(2)19-16-9-6-13(17)10-15(16)18/h4-11,19H,3H2,1-2H3. The molecule has 1 atom stereocenters. The molecule has 0 saturated carbocycles. The van der Waals surface area contributed by atoms with E-state index in [1.165, 1.54) is 12.1 Å². The SMILES string of the molecule is CCOc1ccc(C(C)Nc2ccc(F)cc2F)cc1. The fraction of sp³-hybridized carbons (Fsp3) is 0.250. The molecule has 0 amide bonds. The molecule has 0 heterocycles. The highest BCUT2D eigenvalue weighted by molar-refractivity contribution is 5.47. The van der Waals surface area contributed by atoms with Gasteiger partial charge in [-0.15, -0.1) is 0 Å². The van der Waals surface area contributed by atoms with Crippen molar-refractivity contribution in [2.45, 2.75) is 19.9 Å². The molecule has 0 aliphatic rings. The number of nitrogens with one attached hydrogen (secondary N) is 1. The molecule has 0 aromatic heterocycles. The lowest BCUT2D eigenvalue weighted by molar-refractivity contribution is 0.340. The van der Waals surface area contributed by atoms with Crippen LogP contribution in [0.5, 0.6) is 5.75 Å². The molecule has 2 nitrogen and oxygen atoms in total. The van der Waals surface area contributed by atoms with E-state index in [0.717, 1.165) is 17.4 Å². The molecule has 0 fully saturated rings. The zero-order valence-corrected chi connectivity index (χ0v) is 11.5. The molecule has 0 radical (unpaired) electrons. The Morgan fingerprint density at radius 3 is 2.40 bits per heavy atom. The maximum absolute atomic E-state index is 13.6. The lowest BCUT2D eigenvalue weighted by Crippen LogP contribution is -2.08. The second kappa shape index (κ2) is 6.37. The van der Waals surface area contributed by atoms with E-state index >= 15 is 0 Å². The molecule has 0 aliphatic carbocycles. The Labute approximate surface area is 117 Å². The van der Waals surface area contributed by atoms with Crippen molar-refractivity contribution in [3.05, 3.63) is 59.7 Å². The predicted octanol–water partition coefficient (Wildman–Crippen LogP) is 4.54. The molecule has 20 heavy (non-hydrogen) atoms. The first-order valence-corrected chi connectivity index (χ1v) is 6.54. The zero-order chi connectivity index (χ0) is 14.5. The lowest BCUT2D eigenvalue weighted by Gasteiger charge is -2.16. The third-order valence-electron chi connectivity index (χ3n) is 2.99. The molecular formula is C16H17F2NO. The average Bonchev–Trinajstić information content (AvgIpc) is 2.43. The summed E-state index contributed by atoms with van der Waals surface area (Å²) in [6, 6.07) is 11.0. The molecule has 2 aromatic carbocycles. The lowest BCUT2D eigenvalue weighted by atomic mass is 10.1. The summed E-state index contributed by atoms with van der Waals surface area (Å²) < 4.78 is 31.8. The van der Waals surface area contributed by atoms with Crippen molar-refractivity contribution in [2.24, 2.45) is 0 Å². The summed E-state index contributed by atoms with van der Waals surface area (Å²) in [4.78, 5) is 0. The van der Waals surface area contributed by atoms with E-state index in [4.69, 9.17) is 4.74 Å². The Bertz CT molecular complexity index is 569. The molecule has 106 valence electrons. The second-order valence-electron chi connectivity index (χ2n) is 4.49. The third kappa shape index (κ3) is 3.47. The van der Waals surface area contributed by atoms with Crippen LogP contribution in [0.25, 0.3) is 0 Å². The molecule has 0 saturated heterocycles. The third-order valence-corrected chi connectivity index (χ3v) is 2.99. The van der Waals surface area contributed by atoms with Gasteiger partial charge in [-0.3, -0.25) is 0 Å². The first kappa shape index (κ1) is 14.3. The Hall–Kier alpha value is -2.10. The summed E-state index contributed by atoms with van der Waals surface area (Å²) in [5, 5.41) is 3.02. The molecule has 4 heteroatoms. The Morgan fingerprint density at radius 1 is 1.10 bits per heavy atom. The van der Waals surface area contributed by atoms with Crippen LogP contribution in [-0.4, -0.2) is 6.61 Å². The van der Waals surface area contributed by atoms with Crippen LogP contribution in [0, 0.1) is 11.6 Å². The van der Waals surface area contributed by atoms with E-state index in [-0.39, 0.29) is 11.7 Å². The van der Waals surface area contributed by atoms with Crippen LogP contribution in [0.1, 0.15) is 25.5 Å². The van der Waals surface area contributed by atoms with Crippen molar-refractivity contribution in [3.63, 3.8) is 0 Å². The highest BCUT2D eigenvalue weighted by Crippen LogP contribution is 2.23. The van der Waals surface area contributed by atoms with Gasteiger partial charge in [0.15, 0.2) is 0 Å². The monoisotopic (exact) mass is 277 g/mol. The van der Waals surface area contributed by atoms with E-state index in [0.29, 0.717) is 6.61 Å². The van der Waals surface area contributed by atoms with E-state index in [2.05, 4.69) is 5.32 Å². The fourth-order valence-electron chi connectivity index (χ4n) is 1.94. The van der Waals surface area contributed by atoms with Crippen LogP contribution < -0.4 is 10.1 Å². The molecular weight excluding hydrogens is 260 g/mol. The van der Waals surface area contributed by atoms with E-state index in [1.54, 1.807) is 0 Å². The highest BCUT2D eigenvalue weighted by atomic mass is 19.1. The van der Waals surface area contributed by atoms with Crippen LogP contribution >= 0.6 is 0 Å². The molecule has 1 N–H and O–H groups in total. The van der Waals surface area contributed by atoms with Crippen molar-refractivity contribution < 1.29 is 13.5 Å². The van der Waals surface area contributed by atoms with E-state index in [9.17, 15) is 8.78 Å². The number of benzene rings is 2. The summed E-state index contributed by atoms with van der Waals surface area (Å²) in [6.07, 6.45) is 0. The minimum atomic E-state index is -0.595. The molecule has 1 unspecified atom stereocenters. The molecule has 0 aliphatic heterocycles. The first-order chi connectivity index (χ1) is 9.60. The Balaban J connectivity index is 2.09. The van der Waals surface area contributed by atoms with Crippen LogP contribution in [-0.2, 0) is 0 Å². The van der Waals surface area contributed by atoms with Gasteiger partial charge in [-0.05, 0) is 43.7 Å². The average molecular weight is 277 g/mol. The van der Waals surface area contributed by atoms with Gasteiger partial charge in [-0.1, -0.05) is 12.1 Å². The van der Waals surface area contributed by atoms with Crippen molar-refractivity contribution >= 4 is 5.69 Å². The maximum atomic E-state index is 13.6. The number of hydrogen-bond donors (Lipinski definition) is 1. The summed E-state index contributed by atoms with van der Waals surface area (Å²) in [7, 11) is 0. The second-order valence-corrected chi connectivity index (χ2v) is 4.49. The van der Waals surface area contributed by atoms with Crippen molar-refractivity contribution in [2.75, 3.05) is 11.9 Å². The van der Waals surface area contributed by atoms with Crippen molar-refractivity contribution in [3.8, 4) is 5.75 Å². The smallest absolute Gasteiger partial charge is 0.149 e. The minimum absolute atomic E-state index is 0.0920. The van der Waals surface area contributed by atoms with Crippen LogP contribution in [0.3, 0.4) is 0 Å². The topological polar surface area (TPSA) is 21.3 Å². The van der Waals surface area contributed by atoms with Gasteiger partial charge in [-0.2, -0.15) is 0 Å². The van der Waals surface area contributed by atoms with Crippen LogP contribution in [0.4, 0.5) is 14.5 Å².